The molecule has 0 radical (unpaired) electrons. The fraction of sp³-hybridized carbons (Fsp3) is 0.500. The van der Waals surface area contributed by atoms with E-state index in [-0.39, 0.29) is 11.4 Å². The Bertz CT molecular complexity index is 336. The third-order valence-corrected chi connectivity index (χ3v) is 3.54. The number of halogens is 1. The lowest BCUT2D eigenvalue weighted by Gasteiger charge is -2.27. The van der Waals surface area contributed by atoms with Crippen LogP contribution in [0.3, 0.4) is 0 Å². The molecule has 1 heterocycles. The number of ether oxygens (including phenoxy) is 1. The van der Waals surface area contributed by atoms with Crippen molar-refractivity contribution in [2.75, 3.05) is 6.61 Å². The van der Waals surface area contributed by atoms with E-state index >= 15 is 0 Å². The molecule has 2 bridgehead atoms. The zero-order valence-corrected chi connectivity index (χ0v) is 8.00. The van der Waals surface area contributed by atoms with Crippen LogP contribution in [0.15, 0.2) is 24.3 Å². The van der Waals surface area contributed by atoms with Crippen LogP contribution in [-0.4, -0.2) is 6.61 Å². The maximum atomic E-state index is 12.8. The van der Waals surface area contributed by atoms with Gasteiger partial charge in [-0.15, -0.1) is 0 Å². The summed E-state index contributed by atoms with van der Waals surface area (Å²) in [6.45, 7) is 0.886. The summed E-state index contributed by atoms with van der Waals surface area (Å²) in [5, 5.41) is 0. The smallest absolute Gasteiger partial charge is 0.123 e. The van der Waals surface area contributed by atoms with Crippen molar-refractivity contribution in [1.82, 2.24) is 0 Å². The average Bonchev–Trinajstić information content (AvgIpc) is 2.79. The molecule has 1 nitrogen and oxygen atoms in total. The Balaban J connectivity index is 1.98. The molecule has 0 N–H and O–H groups in total. The Morgan fingerprint density at radius 2 is 2.07 bits per heavy atom. The average molecular weight is 192 g/mol. The van der Waals surface area contributed by atoms with E-state index in [1.807, 2.05) is 12.1 Å². The highest BCUT2D eigenvalue weighted by Crippen LogP contribution is 2.50. The van der Waals surface area contributed by atoms with E-state index in [4.69, 9.17) is 4.74 Å². The van der Waals surface area contributed by atoms with Gasteiger partial charge >= 0.3 is 0 Å². The summed E-state index contributed by atoms with van der Waals surface area (Å²) in [6, 6.07) is 6.78. The molecule has 1 aliphatic carbocycles. The summed E-state index contributed by atoms with van der Waals surface area (Å²) in [4.78, 5) is 0. The van der Waals surface area contributed by atoms with E-state index < -0.39 is 0 Å². The Labute approximate surface area is 82.9 Å². The molecule has 2 aliphatic rings. The lowest BCUT2D eigenvalue weighted by atomic mass is 9.92. The predicted octanol–water partition coefficient (Wildman–Crippen LogP) is 2.85. The second-order valence-corrected chi connectivity index (χ2v) is 4.42. The molecule has 1 saturated heterocycles. The Kier molecular flexibility index (Phi) is 1.68. The van der Waals surface area contributed by atoms with Crippen LogP contribution in [0.1, 0.15) is 24.8 Å². The Morgan fingerprint density at radius 3 is 2.57 bits per heavy atom. The van der Waals surface area contributed by atoms with Crippen LogP contribution in [0.4, 0.5) is 4.39 Å². The van der Waals surface area contributed by atoms with Gasteiger partial charge in [-0.2, -0.15) is 0 Å². The van der Waals surface area contributed by atoms with Crippen LogP contribution in [0.5, 0.6) is 0 Å². The standard InChI is InChI=1S/C12H13FO/c13-11-3-1-10(2-4-11)12-6-5-9(7-12)8-14-12/h1-4,9H,5-8H2. The van der Waals surface area contributed by atoms with Crippen molar-refractivity contribution in [2.24, 2.45) is 5.92 Å². The lowest BCUT2D eigenvalue weighted by molar-refractivity contribution is -0.0209. The van der Waals surface area contributed by atoms with Gasteiger partial charge in [0.15, 0.2) is 0 Å². The van der Waals surface area contributed by atoms with Crippen LogP contribution < -0.4 is 0 Å². The summed E-state index contributed by atoms with van der Waals surface area (Å²) in [6.07, 6.45) is 3.49. The van der Waals surface area contributed by atoms with Crippen molar-refractivity contribution in [1.29, 1.82) is 0 Å². The van der Waals surface area contributed by atoms with Crippen LogP contribution in [0.2, 0.25) is 0 Å². The van der Waals surface area contributed by atoms with Crippen LogP contribution in [-0.2, 0) is 10.3 Å². The maximum absolute atomic E-state index is 12.8. The minimum absolute atomic E-state index is 0.0711. The van der Waals surface area contributed by atoms with Crippen molar-refractivity contribution in [3.63, 3.8) is 0 Å². The largest absolute Gasteiger partial charge is 0.370 e. The second kappa shape index (κ2) is 2.80. The van der Waals surface area contributed by atoms with Gasteiger partial charge in [-0.05, 0) is 42.9 Å². The molecule has 14 heavy (non-hydrogen) atoms. The third kappa shape index (κ3) is 1.10. The highest BCUT2D eigenvalue weighted by Gasteiger charge is 2.47. The first-order valence-corrected chi connectivity index (χ1v) is 5.19. The summed E-state index contributed by atoms with van der Waals surface area (Å²) < 4.78 is 18.6. The molecule has 3 rings (SSSR count). The van der Waals surface area contributed by atoms with Gasteiger partial charge in [0.1, 0.15) is 5.82 Å². The van der Waals surface area contributed by atoms with Crippen LogP contribution in [0, 0.1) is 11.7 Å². The van der Waals surface area contributed by atoms with Gasteiger partial charge in [0.05, 0.1) is 12.2 Å². The first-order valence-electron chi connectivity index (χ1n) is 5.19. The van der Waals surface area contributed by atoms with Gasteiger partial charge < -0.3 is 4.74 Å². The normalized spacial score (nSPS) is 35.1. The maximum Gasteiger partial charge on any atom is 0.123 e. The quantitative estimate of drug-likeness (QED) is 0.664. The Hall–Kier alpha value is -0.890. The van der Waals surface area contributed by atoms with Gasteiger partial charge in [0, 0.05) is 0 Å². The highest BCUT2D eigenvalue weighted by molar-refractivity contribution is 5.26. The molecule has 0 aromatic heterocycles. The first-order chi connectivity index (χ1) is 6.78. The molecule has 74 valence electrons. The van der Waals surface area contributed by atoms with E-state index in [0.29, 0.717) is 0 Å². The molecule has 1 saturated carbocycles. The van der Waals surface area contributed by atoms with Crippen molar-refractivity contribution >= 4 is 0 Å². The monoisotopic (exact) mass is 192 g/mol. The SMILES string of the molecule is Fc1ccc(C23CCC(CO2)C3)cc1. The molecule has 2 unspecified atom stereocenters. The van der Waals surface area contributed by atoms with E-state index in [1.165, 1.54) is 18.6 Å². The molecular formula is C12H13FO. The van der Waals surface area contributed by atoms with E-state index in [0.717, 1.165) is 30.9 Å². The highest BCUT2D eigenvalue weighted by atomic mass is 19.1. The van der Waals surface area contributed by atoms with Crippen LogP contribution >= 0.6 is 0 Å². The molecular weight excluding hydrogens is 179 g/mol. The van der Waals surface area contributed by atoms with Crippen molar-refractivity contribution in [3.8, 4) is 0 Å². The second-order valence-electron chi connectivity index (χ2n) is 4.42. The number of hydrogen-bond acceptors (Lipinski definition) is 1. The summed E-state index contributed by atoms with van der Waals surface area (Å²) in [7, 11) is 0. The predicted molar refractivity (Wildman–Crippen MR) is 51.4 cm³/mol. The summed E-state index contributed by atoms with van der Waals surface area (Å²) in [5.74, 6) is 0.567. The minimum Gasteiger partial charge on any atom is -0.370 e. The molecule has 0 spiro atoms. The zero-order valence-electron chi connectivity index (χ0n) is 8.00. The van der Waals surface area contributed by atoms with Crippen molar-refractivity contribution in [2.45, 2.75) is 24.9 Å². The summed E-state index contributed by atoms with van der Waals surface area (Å²) in [5.41, 5.74) is 1.08. The fourth-order valence-corrected chi connectivity index (χ4v) is 2.76. The molecule has 1 aliphatic heterocycles. The molecule has 1 aromatic carbocycles. The van der Waals surface area contributed by atoms with Crippen LogP contribution in [0.25, 0.3) is 0 Å². The molecule has 2 heteroatoms. The van der Waals surface area contributed by atoms with Crippen molar-refractivity contribution in [3.05, 3.63) is 35.6 Å². The van der Waals surface area contributed by atoms with Crippen molar-refractivity contribution < 1.29 is 9.13 Å². The van der Waals surface area contributed by atoms with E-state index in [2.05, 4.69) is 0 Å². The van der Waals surface area contributed by atoms with Gasteiger partial charge in [-0.25, -0.2) is 4.39 Å². The topological polar surface area (TPSA) is 9.23 Å². The number of hydrogen-bond donors (Lipinski definition) is 0. The minimum atomic E-state index is -0.169. The third-order valence-electron chi connectivity index (χ3n) is 3.54. The van der Waals surface area contributed by atoms with E-state index in [1.54, 1.807) is 0 Å². The first kappa shape index (κ1) is 8.42. The number of rotatable bonds is 1. The Morgan fingerprint density at radius 1 is 1.29 bits per heavy atom. The van der Waals surface area contributed by atoms with Gasteiger partial charge in [0.2, 0.25) is 0 Å². The van der Waals surface area contributed by atoms with Gasteiger partial charge in [-0.3, -0.25) is 0 Å². The zero-order chi connectivity index (χ0) is 9.60. The van der Waals surface area contributed by atoms with Gasteiger partial charge in [-0.1, -0.05) is 12.1 Å². The lowest BCUT2D eigenvalue weighted by Crippen LogP contribution is -2.23. The summed E-state index contributed by atoms with van der Waals surface area (Å²) >= 11 is 0. The number of fused-ring (bicyclic) bond motifs is 2. The van der Waals surface area contributed by atoms with E-state index in [9.17, 15) is 4.39 Å². The number of benzene rings is 1. The fourth-order valence-electron chi connectivity index (χ4n) is 2.76. The molecule has 2 fully saturated rings. The molecule has 0 amide bonds. The van der Waals surface area contributed by atoms with Gasteiger partial charge in [0.25, 0.3) is 0 Å². The molecule has 1 aromatic rings. The molecule has 2 atom stereocenters.